The van der Waals surface area contributed by atoms with Crippen molar-refractivity contribution in [2.24, 2.45) is 4.99 Å². The molecular formula is C24H27IN6O. The molecule has 1 atom stereocenters. The van der Waals surface area contributed by atoms with Crippen molar-refractivity contribution < 1.29 is 4.42 Å². The molecule has 2 heterocycles. The zero-order valence-corrected chi connectivity index (χ0v) is 20.4. The van der Waals surface area contributed by atoms with Gasteiger partial charge in [-0.1, -0.05) is 30.3 Å². The lowest BCUT2D eigenvalue weighted by atomic mass is 10.1. The van der Waals surface area contributed by atoms with E-state index >= 15 is 0 Å². The normalized spacial score (nSPS) is 12.1. The van der Waals surface area contributed by atoms with E-state index in [9.17, 15) is 0 Å². The maximum atomic E-state index is 5.61. The number of hydrogen-bond acceptors (Lipinski definition) is 4. The van der Waals surface area contributed by atoms with Crippen molar-refractivity contribution in [3.05, 3.63) is 90.6 Å². The van der Waals surface area contributed by atoms with Gasteiger partial charge in [-0.3, -0.25) is 0 Å². The van der Waals surface area contributed by atoms with E-state index in [0.717, 1.165) is 35.0 Å². The number of nitrogens with one attached hydrogen (secondary N) is 2. The molecule has 0 saturated carbocycles. The molecular weight excluding hydrogens is 515 g/mol. The Balaban J connectivity index is 0.00000289. The molecule has 0 aliphatic carbocycles. The second kappa shape index (κ2) is 11.5. The third-order valence-electron chi connectivity index (χ3n) is 4.81. The number of rotatable bonds is 7. The third-order valence-corrected chi connectivity index (χ3v) is 4.81. The summed E-state index contributed by atoms with van der Waals surface area (Å²) in [5, 5.41) is 11.1. The van der Waals surface area contributed by atoms with Gasteiger partial charge in [-0.2, -0.15) is 5.10 Å². The second-order valence-electron chi connectivity index (χ2n) is 7.12. The fraction of sp³-hybridized carbons (Fsp3) is 0.208. The first-order valence-electron chi connectivity index (χ1n) is 10.4. The third kappa shape index (κ3) is 5.97. The molecule has 0 bridgehead atoms. The quantitative estimate of drug-likeness (QED) is 0.196. The first-order valence-corrected chi connectivity index (χ1v) is 10.4. The number of aliphatic imine (C=N–C) groups is 1. The minimum absolute atomic E-state index is 0. The van der Waals surface area contributed by atoms with Crippen LogP contribution < -0.4 is 10.6 Å². The number of benzene rings is 2. The highest BCUT2D eigenvalue weighted by atomic mass is 127. The van der Waals surface area contributed by atoms with Crippen molar-refractivity contribution in [3.8, 4) is 17.1 Å². The standard InChI is InChI=1S/C24H26N6O.HI/c1-3-25-24(26-16-21-17-31-23(29-21)19-9-5-4-6-10-19)28-18(2)20-11-7-12-22(15-20)30-14-8-13-27-30;/h4-15,17-18H,3,16H2,1-2H3,(H2,25,26,28);1H. The van der Waals surface area contributed by atoms with Gasteiger partial charge in [-0.05, 0) is 49.7 Å². The molecule has 8 heteroatoms. The van der Waals surface area contributed by atoms with Crippen LogP contribution in [0.4, 0.5) is 0 Å². The summed E-state index contributed by atoms with van der Waals surface area (Å²) in [5.41, 5.74) is 3.90. The Labute approximate surface area is 205 Å². The number of aromatic nitrogens is 3. The average Bonchev–Trinajstić information content (AvgIpc) is 3.51. The Bertz CT molecular complexity index is 1120. The largest absolute Gasteiger partial charge is 0.444 e. The van der Waals surface area contributed by atoms with E-state index in [1.807, 2.05) is 66.3 Å². The molecule has 0 radical (unpaired) electrons. The van der Waals surface area contributed by atoms with E-state index in [-0.39, 0.29) is 30.0 Å². The SMILES string of the molecule is CCNC(=NCc1coc(-c2ccccc2)n1)NC(C)c1cccc(-n2cccn2)c1.I. The van der Waals surface area contributed by atoms with E-state index in [0.29, 0.717) is 12.4 Å². The van der Waals surface area contributed by atoms with E-state index < -0.39 is 0 Å². The molecule has 4 rings (SSSR count). The predicted octanol–water partition coefficient (Wildman–Crippen LogP) is 4.96. The Morgan fingerprint density at radius 1 is 1.12 bits per heavy atom. The van der Waals surface area contributed by atoms with Crippen LogP contribution in [0.15, 0.2) is 88.7 Å². The van der Waals surface area contributed by atoms with Gasteiger partial charge in [0.25, 0.3) is 0 Å². The zero-order valence-electron chi connectivity index (χ0n) is 18.1. The first kappa shape index (κ1) is 23.5. The molecule has 0 aliphatic heterocycles. The lowest BCUT2D eigenvalue weighted by molar-refractivity contribution is 0.572. The molecule has 0 amide bonds. The Morgan fingerprint density at radius 2 is 1.97 bits per heavy atom. The van der Waals surface area contributed by atoms with Crippen LogP contribution in [0.1, 0.15) is 31.1 Å². The monoisotopic (exact) mass is 542 g/mol. The molecule has 0 aliphatic rings. The van der Waals surface area contributed by atoms with Crippen LogP contribution in [0.3, 0.4) is 0 Å². The van der Waals surface area contributed by atoms with Gasteiger partial charge in [0, 0.05) is 24.5 Å². The molecule has 1 unspecified atom stereocenters. The van der Waals surface area contributed by atoms with Crippen molar-refractivity contribution in [3.63, 3.8) is 0 Å². The molecule has 2 N–H and O–H groups in total. The molecule has 166 valence electrons. The number of guanidine groups is 1. The Kier molecular flexibility index (Phi) is 8.43. The number of hydrogen-bond donors (Lipinski definition) is 2. The van der Waals surface area contributed by atoms with Crippen LogP contribution >= 0.6 is 24.0 Å². The zero-order chi connectivity index (χ0) is 21.5. The molecule has 4 aromatic rings. The lowest BCUT2D eigenvalue weighted by Gasteiger charge is -2.18. The van der Waals surface area contributed by atoms with E-state index in [2.05, 4.69) is 44.8 Å². The summed E-state index contributed by atoms with van der Waals surface area (Å²) in [7, 11) is 0. The smallest absolute Gasteiger partial charge is 0.226 e. The summed E-state index contributed by atoms with van der Waals surface area (Å²) < 4.78 is 7.46. The first-order chi connectivity index (χ1) is 15.2. The summed E-state index contributed by atoms with van der Waals surface area (Å²) in [6.45, 7) is 5.34. The summed E-state index contributed by atoms with van der Waals surface area (Å²) in [5.74, 6) is 1.33. The maximum absolute atomic E-state index is 5.61. The van der Waals surface area contributed by atoms with Crippen molar-refractivity contribution in [1.29, 1.82) is 0 Å². The molecule has 2 aromatic carbocycles. The van der Waals surface area contributed by atoms with Gasteiger partial charge in [0.15, 0.2) is 5.96 Å². The average molecular weight is 542 g/mol. The number of oxazole rings is 1. The van der Waals surface area contributed by atoms with Crippen LogP contribution in [0.2, 0.25) is 0 Å². The second-order valence-corrected chi connectivity index (χ2v) is 7.12. The van der Waals surface area contributed by atoms with Crippen LogP contribution in [-0.4, -0.2) is 27.3 Å². The fourth-order valence-corrected chi connectivity index (χ4v) is 3.22. The highest BCUT2D eigenvalue weighted by Gasteiger charge is 2.10. The maximum Gasteiger partial charge on any atom is 0.226 e. The molecule has 0 spiro atoms. The molecule has 7 nitrogen and oxygen atoms in total. The van der Waals surface area contributed by atoms with Crippen molar-refractivity contribution >= 4 is 29.9 Å². The highest BCUT2D eigenvalue weighted by molar-refractivity contribution is 14.0. The van der Waals surface area contributed by atoms with Crippen LogP contribution in [0.5, 0.6) is 0 Å². The summed E-state index contributed by atoms with van der Waals surface area (Å²) in [6, 6.07) is 20.1. The van der Waals surface area contributed by atoms with Crippen LogP contribution in [-0.2, 0) is 6.54 Å². The Morgan fingerprint density at radius 3 is 2.72 bits per heavy atom. The van der Waals surface area contributed by atoms with E-state index in [1.165, 1.54) is 0 Å². The van der Waals surface area contributed by atoms with Gasteiger partial charge < -0.3 is 15.1 Å². The van der Waals surface area contributed by atoms with Gasteiger partial charge in [0.2, 0.25) is 5.89 Å². The number of nitrogens with zero attached hydrogens (tertiary/aromatic N) is 4. The molecule has 2 aromatic heterocycles. The van der Waals surface area contributed by atoms with Gasteiger partial charge in [0.1, 0.15) is 12.0 Å². The molecule has 32 heavy (non-hydrogen) atoms. The van der Waals surface area contributed by atoms with Gasteiger partial charge in [0.05, 0.1) is 18.3 Å². The van der Waals surface area contributed by atoms with Crippen molar-refractivity contribution in [2.75, 3.05) is 6.54 Å². The van der Waals surface area contributed by atoms with Gasteiger partial charge in [-0.15, -0.1) is 24.0 Å². The minimum atomic E-state index is 0. The van der Waals surface area contributed by atoms with E-state index in [1.54, 1.807) is 12.5 Å². The van der Waals surface area contributed by atoms with Gasteiger partial charge >= 0.3 is 0 Å². The van der Waals surface area contributed by atoms with Crippen LogP contribution in [0.25, 0.3) is 17.1 Å². The topological polar surface area (TPSA) is 80.3 Å². The predicted molar refractivity (Wildman–Crippen MR) is 137 cm³/mol. The summed E-state index contributed by atoms with van der Waals surface area (Å²) in [6.07, 6.45) is 5.37. The van der Waals surface area contributed by atoms with Crippen molar-refractivity contribution in [2.45, 2.75) is 26.4 Å². The molecule has 0 saturated heterocycles. The minimum Gasteiger partial charge on any atom is -0.444 e. The molecule has 0 fully saturated rings. The summed E-state index contributed by atoms with van der Waals surface area (Å²) in [4.78, 5) is 9.23. The fourth-order valence-electron chi connectivity index (χ4n) is 3.22. The lowest BCUT2D eigenvalue weighted by Crippen LogP contribution is -2.38. The van der Waals surface area contributed by atoms with Crippen LogP contribution in [0, 0.1) is 0 Å². The summed E-state index contributed by atoms with van der Waals surface area (Å²) >= 11 is 0. The van der Waals surface area contributed by atoms with Gasteiger partial charge in [-0.25, -0.2) is 14.7 Å². The highest BCUT2D eigenvalue weighted by Crippen LogP contribution is 2.19. The van der Waals surface area contributed by atoms with E-state index in [4.69, 9.17) is 4.42 Å². The number of halogens is 1. The Hall–Kier alpha value is -3.14. The van der Waals surface area contributed by atoms with Crippen molar-refractivity contribution in [1.82, 2.24) is 25.4 Å².